The van der Waals surface area contributed by atoms with Gasteiger partial charge in [0.2, 0.25) is 11.7 Å². The predicted molar refractivity (Wildman–Crippen MR) is 75.0 cm³/mol. The van der Waals surface area contributed by atoms with Gasteiger partial charge in [-0.15, -0.1) is 0 Å². The summed E-state index contributed by atoms with van der Waals surface area (Å²) in [5.41, 5.74) is 0.724. The van der Waals surface area contributed by atoms with Gasteiger partial charge in [-0.3, -0.25) is 0 Å². The van der Waals surface area contributed by atoms with Crippen LogP contribution in [0.25, 0.3) is 22.8 Å². The van der Waals surface area contributed by atoms with Gasteiger partial charge in [0.15, 0.2) is 5.82 Å². The zero-order valence-electron chi connectivity index (χ0n) is 10.7. The molecule has 6 nitrogen and oxygen atoms in total. The molecule has 3 aromatic rings. The molecule has 0 bridgehead atoms. The second-order valence-corrected chi connectivity index (χ2v) is 4.78. The molecule has 8 heteroatoms. The van der Waals surface area contributed by atoms with Gasteiger partial charge in [0, 0.05) is 6.20 Å². The maximum absolute atomic E-state index is 13.8. The van der Waals surface area contributed by atoms with Gasteiger partial charge >= 0.3 is 0 Å². The van der Waals surface area contributed by atoms with Crippen LogP contribution in [0.5, 0.6) is 5.88 Å². The summed E-state index contributed by atoms with van der Waals surface area (Å²) < 4.78 is 24.5. The summed E-state index contributed by atoms with van der Waals surface area (Å²) in [4.78, 5) is 12.0. The molecule has 0 spiro atoms. The third-order valence-electron chi connectivity index (χ3n) is 2.68. The van der Waals surface area contributed by atoms with Crippen LogP contribution in [0.4, 0.5) is 4.39 Å². The zero-order chi connectivity index (χ0) is 14.8. The van der Waals surface area contributed by atoms with Crippen molar-refractivity contribution < 1.29 is 13.7 Å². The molecule has 0 saturated heterocycles. The Labute approximate surface area is 127 Å². The Bertz CT molecular complexity index is 793. The van der Waals surface area contributed by atoms with E-state index in [0.717, 1.165) is 6.20 Å². The molecule has 0 unspecified atom stereocenters. The van der Waals surface area contributed by atoms with E-state index in [0.29, 0.717) is 16.0 Å². The molecule has 0 aromatic carbocycles. The highest BCUT2D eigenvalue weighted by molar-refractivity contribution is 9.10. The largest absolute Gasteiger partial charge is 0.480 e. The van der Waals surface area contributed by atoms with Crippen molar-refractivity contribution in [1.82, 2.24) is 20.1 Å². The highest BCUT2D eigenvalue weighted by Crippen LogP contribution is 2.29. The van der Waals surface area contributed by atoms with Crippen molar-refractivity contribution in [3.8, 4) is 28.7 Å². The molecule has 0 amide bonds. The second-order valence-electron chi connectivity index (χ2n) is 3.97. The highest BCUT2D eigenvalue weighted by Gasteiger charge is 2.17. The molecule has 0 atom stereocenters. The lowest BCUT2D eigenvalue weighted by atomic mass is 10.2. The van der Waals surface area contributed by atoms with Crippen LogP contribution in [-0.4, -0.2) is 27.2 Å². The number of halogens is 2. The molecular formula is C13H8BrFN4O2. The molecular weight excluding hydrogens is 343 g/mol. The number of nitrogens with zero attached hydrogens (tertiary/aromatic N) is 4. The minimum absolute atomic E-state index is 0.0523. The van der Waals surface area contributed by atoms with E-state index in [1.54, 1.807) is 18.3 Å². The minimum Gasteiger partial charge on any atom is -0.480 e. The number of hydrogen-bond acceptors (Lipinski definition) is 6. The van der Waals surface area contributed by atoms with Crippen LogP contribution in [0.2, 0.25) is 0 Å². The summed E-state index contributed by atoms with van der Waals surface area (Å²) in [6.07, 6.45) is 2.66. The van der Waals surface area contributed by atoms with E-state index in [-0.39, 0.29) is 17.3 Å². The summed E-state index contributed by atoms with van der Waals surface area (Å²) in [7, 11) is 1.49. The predicted octanol–water partition coefficient (Wildman–Crippen LogP) is 3.10. The maximum Gasteiger partial charge on any atom is 0.261 e. The molecule has 3 heterocycles. The fourth-order valence-electron chi connectivity index (χ4n) is 1.74. The maximum atomic E-state index is 13.8. The standard InChI is InChI=1S/C13H8BrFN4O2/c1-20-12-7(3-2-4-16-12)11-18-13(21-19-11)8-5-10(14)17-6-9(8)15/h2-6H,1H3. The van der Waals surface area contributed by atoms with Crippen molar-refractivity contribution in [2.24, 2.45) is 0 Å². The lowest BCUT2D eigenvalue weighted by molar-refractivity contribution is 0.398. The number of rotatable bonds is 3. The zero-order valence-corrected chi connectivity index (χ0v) is 12.3. The first kappa shape index (κ1) is 13.6. The smallest absolute Gasteiger partial charge is 0.261 e. The Kier molecular flexibility index (Phi) is 3.61. The van der Waals surface area contributed by atoms with Crippen LogP contribution < -0.4 is 4.74 Å². The molecule has 0 aliphatic rings. The van der Waals surface area contributed by atoms with Crippen LogP contribution >= 0.6 is 15.9 Å². The van der Waals surface area contributed by atoms with Gasteiger partial charge in [-0.1, -0.05) is 5.16 Å². The average Bonchev–Trinajstić information content (AvgIpc) is 2.99. The number of hydrogen-bond donors (Lipinski definition) is 0. The molecule has 3 aromatic heterocycles. The molecule has 3 rings (SSSR count). The SMILES string of the molecule is COc1ncccc1-c1noc(-c2cc(Br)ncc2F)n1. The topological polar surface area (TPSA) is 73.9 Å². The molecule has 0 fully saturated rings. The van der Waals surface area contributed by atoms with E-state index < -0.39 is 5.82 Å². The summed E-state index contributed by atoms with van der Waals surface area (Å²) in [5, 5.41) is 3.83. The Hall–Kier alpha value is -2.35. The van der Waals surface area contributed by atoms with Gasteiger partial charge < -0.3 is 9.26 Å². The van der Waals surface area contributed by atoms with Crippen molar-refractivity contribution in [3.63, 3.8) is 0 Å². The van der Waals surface area contributed by atoms with Gasteiger partial charge in [0.05, 0.1) is 24.4 Å². The first-order chi connectivity index (χ1) is 10.2. The highest BCUT2D eigenvalue weighted by atomic mass is 79.9. The van der Waals surface area contributed by atoms with E-state index in [1.165, 1.54) is 13.2 Å². The molecule has 21 heavy (non-hydrogen) atoms. The van der Waals surface area contributed by atoms with Crippen molar-refractivity contribution in [2.75, 3.05) is 7.11 Å². The third kappa shape index (κ3) is 2.62. The molecule has 0 aliphatic carbocycles. The van der Waals surface area contributed by atoms with Crippen LogP contribution in [0.1, 0.15) is 0 Å². The van der Waals surface area contributed by atoms with E-state index in [9.17, 15) is 4.39 Å². The van der Waals surface area contributed by atoms with Crippen molar-refractivity contribution >= 4 is 15.9 Å². The lowest BCUT2D eigenvalue weighted by Gasteiger charge is -2.01. The quantitative estimate of drug-likeness (QED) is 0.675. The van der Waals surface area contributed by atoms with Crippen molar-refractivity contribution in [1.29, 1.82) is 0 Å². The van der Waals surface area contributed by atoms with Crippen LogP contribution in [0, 0.1) is 5.82 Å². The van der Waals surface area contributed by atoms with Crippen molar-refractivity contribution in [3.05, 3.63) is 41.0 Å². The summed E-state index contributed by atoms with van der Waals surface area (Å²) in [6.45, 7) is 0. The Morgan fingerprint density at radius 3 is 2.95 bits per heavy atom. The third-order valence-corrected chi connectivity index (χ3v) is 3.12. The van der Waals surface area contributed by atoms with Crippen LogP contribution in [-0.2, 0) is 0 Å². The van der Waals surface area contributed by atoms with Gasteiger partial charge in [-0.25, -0.2) is 14.4 Å². The van der Waals surface area contributed by atoms with Gasteiger partial charge in [0.1, 0.15) is 4.60 Å². The van der Waals surface area contributed by atoms with Gasteiger partial charge in [0.25, 0.3) is 5.89 Å². The molecule has 0 radical (unpaired) electrons. The first-order valence-corrected chi connectivity index (χ1v) is 6.63. The van der Waals surface area contributed by atoms with Gasteiger partial charge in [-0.05, 0) is 34.1 Å². The Morgan fingerprint density at radius 2 is 2.14 bits per heavy atom. The monoisotopic (exact) mass is 350 g/mol. The van der Waals surface area contributed by atoms with E-state index in [4.69, 9.17) is 9.26 Å². The van der Waals surface area contributed by atoms with E-state index in [2.05, 4.69) is 36.0 Å². The number of methoxy groups -OCH3 is 1. The van der Waals surface area contributed by atoms with Gasteiger partial charge in [-0.2, -0.15) is 4.98 Å². The first-order valence-electron chi connectivity index (χ1n) is 5.83. The Morgan fingerprint density at radius 1 is 1.29 bits per heavy atom. The lowest BCUT2D eigenvalue weighted by Crippen LogP contribution is -1.92. The fourth-order valence-corrected chi connectivity index (χ4v) is 2.07. The Balaban J connectivity index is 2.06. The molecule has 0 N–H and O–H groups in total. The van der Waals surface area contributed by atoms with Crippen molar-refractivity contribution in [2.45, 2.75) is 0 Å². The van der Waals surface area contributed by atoms with Crippen LogP contribution in [0.3, 0.4) is 0 Å². The average molecular weight is 351 g/mol. The number of aromatic nitrogens is 4. The molecule has 0 aliphatic heterocycles. The second kappa shape index (κ2) is 5.57. The number of ether oxygens (including phenoxy) is 1. The van der Waals surface area contributed by atoms with E-state index in [1.807, 2.05) is 0 Å². The molecule has 0 saturated carbocycles. The molecule has 106 valence electrons. The summed E-state index contributed by atoms with van der Waals surface area (Å²) in [6, 6.07) is 4.92. The number of pyridine rings is 2. The normalized spacial score (nSPS) is 10.6. The fraction of sp³-hybridized carbons (Fsp3) is 0.0769. The van der Waals surface area contributed by atoms with Crippen LogP contribution in [0.15, 0.2) is 39.7 Å². The summed E-state index contributed by atoms with van der Waals surface area (Å²) >= 11 is 3.17. The summed E-state index contributed by atoms with van der Waals surface area (Å²) in [5.74, 6) is 0.131. The minimum atomic E-state index is -0.549. The van der Waals surface area contributed by atoms with E-state index >= 15 is 0 Å².